The van der Waals surface area contributed by atoms with Gasteiger partial charge in [-0.15, -0.1) is 0 Å². The van der Waals surface area contributed by atoms with Crippen molar-refractivity contribution < 1.29 is 13.9 Å². The van der Waals surface area contributed by atoms with E-state index in [1.807, 2.05) is 27.0 Å². The largest absolute Gasteiger partial charge is 0.444 e. The summed E-state index contributed by atoms with van der Waals surface area (Å²) in [6.07, 6.45) is 5.82. The van der Waals surface area contributed by atoms with Gasteiger partial charge in [0.1, 0.15) is 11.3 Å². The molecule has 1 aromatic heterocycles. The number of fused-ring (bicyclic) bond motifs is 1. The van der Waals surface area contributed by atoms with Crippen molar-refractivity contribution in [3.63, 3.8) is 0 Å². The fourth-order valence-electron chi connectivity index (χ4n) is 3.53. The lowest BCUT2D eigenvalue weighted by atomic mass is 9.87. The third-order valence-electron chi connectivity index (χ3n) is 4.81. The van der Waals surface area contributed by atoms with Gasteiger partial charge < -0.3 is 9.64 Å². The quantitative estimate of drug-likeness (QED) is 0.825. The van der Waals surface area contributed by atoms with Gasteiger partial charge in [-0.2, -0.15) is 0 Å². The number of ether oxygens (including phenoxy) is 1. The molecule has 0 aromatic carbocycles. The van der Waals surface area contributed by atoms with Crippen molar-refractivity contribution in [1.82, 2.24) is 9.88 Å². The molecule has 0 bridgehead atoms. The topological polar surface area (TPSA) is 42.4 Å². The molecule has 1 aromatic rings. The highest BCUT2D eigenvalue weighted by molar-refractivity contribution is 5.68. The van der Waals surface area contributed by atoms with E-state index >= 15 is 4.39 Å². The number of pyridine rings is 1. The van der Waals surface area contributed by atoms with Crippen LogP contribution in [-0.4, -0.2) is 40.3 Å². The highest BCUT2D eigenvalue weighted by atomic mass is 19.1. The maximum Gasteiger partial charge on any atom is 0.410 e. The van der Waals surface area contributed by atoms with E-state index in [0.717, 1.165) is 24.8 Å². The lowest BCUT2D eigenvalue weighted by Crippen LogP contribution is -2.47. The molecule has 3 rings (SSSR count). The van der Waals surface area contributed by atoms with Gasteiger partial charge in [0.15, 0.2) is 0 Å². The van der Waals surface area contributed by atoms with Crippen LogP contribution in [0, 0.1) is 0 Å². The molecule has 1 aliphatic carbocycles. The van der Waals surface area contributed by atoms with Crippen LogP contribution in [0.5, 0.6) is 0 Å². The molecule has 4 nitrogen and oxygen atoms in total. The van der Waals surface area contributed by atoms with E-state index in [1.54, 1.807) is 4.90 Å². The Hall–Kier alpha value is -1.65. The second-order valence-corrected chi connectivity index (χ2v) is 8.10. The standard InChI is InChI=1S/C19H27FN2O2/c1-18(2,3)24-17(23)22-9-7-19(20,8-10-22)12-14-11-15-5-4-6-16(15)21-13-14/h11,13H,4-10,12H2,1-3H3. The van der Waals surface area contributed by atoms with E-state index in [-0.39, 0.29) is 6.09 Å². The first-order chi connectivity index (χ1) is 11.2. The van der Waals surface area contributed by atoms with Crippen molar-refractivity contribution in [2.24, 2.45) is 0 Å². The normalized spacial score (nSPS) is 19.9. The molecule has 2 heterocycles. The average Bonchev–Trinajstić information content (AvgIpc) is 2.93. The summed E-state index contributed by atoms with van der Waals surface area (Å²) in [4.78, 5) is 18.2. The minimum Gasteiger partial charge on any atom is -0.444 e. The number of hydrogen-bond acceptors (Lipinski definition) is 3. The molecule has 0 unspecified atom stereocenters. The second-order valence-electron chi connectivity index (χ2n) is 8.10. The van der Waals surface area contributed by atoms with Gasteiger partial charge in [-0.1, -0.05) is 6.07 Å². The molecule has 1 fully saturated rings. The SMILES string of the molecule is CC(C)(C)OC(=O)N1CCC(F)(Cc2cnc3c(c2)CCC3)CC1. The highest BCUT2D eigenvalue weighted by Crippen LogP contribution is 2.32. The molecule has 0 atom stereocenters. The summed E-state index contributed by atoms with van der Waals surface area (Å²) in [6, 6.07) is 2.12. The fraction of sp³-hybridized carbons (Fsp3) is 0.684. The van der Waals surface area contributed by atoms with Crippen LogP contribution in [0.2, 0.25) is 0 Å². The van der Waals surface area contributed by atoms with Gasteiger partial charge in [0, 0.05) is 31.4 Å². The summed E-state index contributed by atoms with van der Waals surface area (Å²) < 4.78 is 20.5. The van der Waals surface area contributed by atoms with Gasteiger partial charge in [0.05, 0.1) is 0 Å². The summed E-state index contributed by atoms with van der Waals surface area (Å²) in [6.45, 7) is 6.34. The number of aromatic nitrogens is 1. The van der Waals surface area contributed by atoms with E-state index in [9.17, 15) is 4.79 Å². The van der Waals surface area contributed by atoms with Crippen LogP contribution in [0.25, 0.3) is 0 Å². The third-order valence-corrected chi connectivity index (χ3v) is 4.81. The van der Waals surface area contributed by atoms with Gasteiger partial charge in [0.2, 0.25) is 0 Å². The number of piperidine rings is 1. The first kappa shape index (κ1) is 17.2. The number of hydrogen-bond donors (Lipinski definition) is 0. The summed E-state index contributed by atoms with van der Waals surface area (Å²) in [5, 5.41) is 0. The summed E-state index contributed by atoms with van der Waals surface area (Å²) >= 11 is 0. The smallest absolute Gasteiger partial charge is 0.410 e. The van der Waals surface area contributed by atoms with Crippen LogP contribution >= 0.6 is 0 Å². The maximum absolute atomic E-state index is 15.2. The molecule has 24 heavy (non-hydrogen) atoms. The number of aryl methyl sites for hydroxylation is 2. The molecule has 1 amide bonds. The Balaban J connectivity index is 1.58. The van der Waals surface area contributed by atoms with Crippen molar-refractivity contribution >= 4 is 6.09 Å². The van der Waals surface area contributed by atoms with Crippen LogP contribution in [0.15, 0.2) is 12.3 Å². The van der Waals surface area contributed by atoms with Crippen LogP contribution in [0.4, 0.5) is 9.18 Å². The Kier molecular flexibility index (Phi) is 4.54. The zero-order valence-corrected chi connectivity index (χ0v) is 14.9. The van der Waals surface area contributed by atoms with Gasteiger partial charge in [-0.3, -0.25) is 4.98 Å². The number of halogens is 1. The number of rotatable bonds is 2. The molecule has 0 spiro atoms. The number of carbonyl (C=O) groups is 1. The molecule has 0 saturated carbocycles. The van der Waals surface area contributed by atoms with E-state index in [4.69, 9.17) is 4.74 Å². The Bertz CT molecular complexity index is 616. The Morgan fingerprint density at radius 3 is 2.71 bits per heavy atom. The zero-order valence-electron chi connectivity index (χ0n) is 14.9. The fourth-order valence-corrected chi connectivity index (χ4v) is 3.53. The van der Waals surface area contributed by atoms with Crippen molar-refractivity contribution in [3.8, 4) is 0 Å². The van der Waals surface area contributed by atoms with Crippen molar-refractivity contribution in [1.29, 1.82) is 0 Å². The van der Waals surface area contributed by atoms with Gasteiger partial charge in [-0.05, 0) is 64.0 Å². The van der Waals surface area contributed by atoms with Crippen LogP contribution < -0.4 is 0 Å². The first-order valence-corrected chi connectivity index (χ1v) is 8.88. The number of nitrogens with zero attached hydrogens (tertiary/aromatic N) is 2. The van der Waals surface area contributed by atoms with E-state index in [0.29, 0.717) is 32.4 Å². The monoisotopic (exact) mass is 334 g/mol. The molecular formula is C19H27FN2O2. The molecule has 132 valence electrons. The second kappa shape index (κ2) is 6.34. The maximum atomic E-state index is 15.2. The molecular weight excluding hydrogens is 307 g/mol. The summed E-state index contributed by atoms with van der Waals surface area (Å²) in [5.41, 5.74) is 1.65. The lowest BCUT2D eigenvalue weighted by Gasteiger charge is -2.37. The Morgan fingerprint density at radius 1 is 1.33 bits per heavy atom. The predicted octanol–water partition coefficient (Wildman–Crippen LogP) is 3.85. The van der Waals surface area contributed by atoms with Crippen LogP contribution in [-0.2, 0) is 24.0 Å². The number of alkyl halides is 1. The molecule has 5 heteroatoms. The van der Waals surface area contributed by atoms with Crippen molar-refractivity contribution in [2.75, 3.05) is 13.1 Å². The van der Waals surface area contributed by atoms with Crippen LogP contribution in [0.1, 0.15) is 56.9 Å². The lowest BCUT2D eigenvalue weighted by molar-refractivity contribution is 0.00338. The van der Waals surface area contributed by atoms with Crippen molar-refractivity contribution in [3.05, 3.63) is 29.1 Å². The van der Waals surface area contributed by atoms with E-state index in [2.05, 4.69) is 11.1 Å². The van der Waals surface area contributed by atoms with E-state index < -0.39 is 11.3 Å². The number of carbonyl (C=O) groups excluding carboxylic acids is 1. The highest BCUT2D eigenvalue weighted by Gasteiger charge is 2.37. The first-order valence-electron chi connectivity index (χ1n) is 8.88. The Labute approximate surface area is 143 Å². The van der Waals surface area contributed by atoms with Gasteiger partial charge in [-0.25, -0.2) is 9.18 Å². The van der Waals surface area contributed by atoms with Gasteiger partial charge >= 0.3 is 6.09 Å². The average molecular weight is 334 g/mol. The van der Waals surface area contributed by atoms with Crippen LogP contribution in [0.3, 0.4) is 0 Å². The number of likely N-dealkylation sites (tertiary alicyclic amines) is 1. The molecule has 1 aliphatic heterocycles. The minimum absolute atomic E-state index is 0.344. The molecule has 0 radical (unpaired) electrons. The van der Waals surface area contributed by atoms with Gasteiger partial charge in [0.25, 0.3) is 0 Å². The van der Waals surface area contributed by atoms with Crippen molar-refractivity contribution in [2.45, 2.75) is 70.6 Å². The molecule has 0 N–H and O–H groups in total. The third kappa shape index (κ3) is 4.05. The summed E-state index contributed by atoms with van der Waals surface area (Å²) in [5.74, 6) is 0. The molecule has 2 aliphatic rings. The Morgan fingerprint density at radius 2 is 2.04 bits per heavy atom. The zero-order chi connectivity index (χ0) is 17.4. The number of amides is 1. The summed E-state index contributed by atoms with van der Waals surface area (Å²) in [7, 11) is 0. The molecule has 1 saturated heterocycles. The predicted molar refractivity (Wildman–Crippen MR) is 90.8 cm³/mol. The minimum atomic E-state index is -1.26. The van der Waals surface area contributed by atoms with E-state index in [1.165, 1.54) is 11.3 Å².